The van der Waals surface area contributed by atoms with Crippen LogP contribution in [0.5, 0.6) is 0 Å². The highest BCUT2D eigenvalue weighted by Gasteiger charge is 2.22. The molecule has 3 aromatic rings. The van der Waals surface area contributed by atoms with E-state index in [4.69, 9.17) is 4.52 Å². The minimum Gasteiger partial charge on any atom is -0.351 e. The van der Waals surface area contributed by atoms with E-state index in [1.54, 1.807) is 6.07 Å². The summed E-state index contributed by atoms with van der Waals surface area (Å²) in [4.78, 5) is 14.3. The molecule has 1 aromatic heterocycles. The smallest absolute Gasteiger partial charge is 0.292 e. The third-order valence-corrected chi connectivity index (χ3v) is 5.26. The minimum absolute atomic E-state index is 0.0491. The van der Waals surface area contributed by atoms with E-state index in [1.165, 1.54) is 16.3 Å². The van der Waals surface area contributed by atoms with Gasteiger partial charge in [0, 0.05) is 37.1 Å². The fraction of sp³-hybridized carbons (Fsp3) is 0.263. The number of fused-ring (bicyclic) bond motifs is 1. The molecule has 0 atom stereocenters. The van der Waals surface area contributed by atoms with Crippen LogP contribution in [-0.2, 0) is 6.42 Å². The average molecular weight is 338 g/mol. The molecule has 4 nitrogen and oxygen atoms in total. The lowest BCUT2D eigenvalue weighted by Crippen LogP contribution is -2.37. The van der Waals surface area contributed by atoms with E-state index >= 15 is 0 Å². The molecule has 0 aliphatic carbocycles. The van der Waals surface area contributed by atoms with Gasteiger partial charge in [0.05, 0.1) is 5.69 Å². The van der Waals surface area contributed by atoms with Crippen molar-refractivity contribution < 1.29 is 9.32 Å². The third kappa shape index (κ3) is 3.04. The Morgan fingerprint density at radius 1 is 1.12 bits per heavy atom. The molecular weight excluding hydrogens is 320 g/mol. The summed E-state index contributed by atoms with van der Waals surface area (Å²) >= 11 is 1.88. The minimum atomic E-state index is -0.0491. The highest BCUT2D eigenvalue weighted by atomic mass is 32.2. The largest absolute Gasteiger partial charge is 0.351 e. The van der Waals surface area contributed by atoms with Crippen LogP contribution in [0.1, 0.15) is 21.8 Å². The Hall–Kier alpha value is -2.27. The molecule has 122 valence electrons. The average Bonchev–Trinajstić information content (AvgIpc) is 3.11. The van der Waals surface area contributed by atoms with E-state index < -0.39 is 0 Å². The van der Waals surface area contributed by atoms with Gasteiger partial charge in [-0.2, -0.15) is 11.8 Å². The maximum Gasteiger partial charge on any atom is 0.292 e. The summed E-state index contributed by atoms with van der Waals surface area (Å²) in [5.41, 5.74) is 1.98. The lowest BCUT2D eigenvalue weighted by Gasteiger charge is -2.25. The summed E-state index contributed by atoms with van der Waals surface area (Å²) < 4.78 is 5.32. The fourth-order valence-corrected chi connectivity index (χ4v) is 3.96. The molecule has 2 heterocycles. The molecule has 0 bridgehead atoms. The number of hydrogen-bond acceptors (Lipinski definition) is 4. The number of amides is 1. The van der Waals surface area contributed by atoms with Crippen molar-refractivity contribution in [1.82, 2.24) is 10.1 Å². The Morgan fingerprint density at radius 2 is 1.92 bits per heavy atom. The number of rotatable bonds is 3. The van der Waals surface area contributed by atoms with Crippen LogP contribution in [0.4, 0.5) is 0 Å². The van der Waals surface area contributed by atoms with E-state index in [-0.39, 0.29) is 5.91 Å². The van der Waals surface area contributed by atoms with Crippen molar-refractivity contribution in [2.45, 2.75) is 6.42 Å². The molecule has 0 saturated carbocycles. The van der Waals surface area contributed by atoms with Crippen molar-refractivity contribution in [3.8, 4) is 0 Å². The lowest BCUT2D eigenvalue weighted by atomic mass is 10.0. The van der Waals surface area contributed by atoms with Crippen LogP contribution in [0.25, 0.3) is 10.8 Å². The first-order valence-corrected chi connectivity index (χ1v) is 9.26. The van der Waals surface area contributed by atoms with E-state index in [0.29, 0.717) is 12.2 Å². The van der Waals surface area contributed by atoms with Gasteiger partial charge in [0.1, 0.15) is 0 Å². The normalized spacial score (nSPS) is 14.9. The van der Waals surface area contributed by atoms with Gasteiger partial charge in [-0.15, -0.1) is 0 Å². The predicted molar refractivity (Wildman–Crippen MR) is 96.5 cm³/mol. The number of hydrogen-bond donors (Lipinski definition) is 0. The van der Waals surface area contributed by atoms with Crippen LogP contribution in [0.3, 0.4) is 0 Å². The van der Waals surface area contributed by atoms with Crippen LogP contribution in [0.2, 0.25) is 0 Å². The number of thioether (sulfide) groups is 1. The van der Waals surface area contributed by atoms with Gasteiger partial charge in [-0.25, -0.2) is 0 Å². The van der Waals surface area contributed by atoms with Crippen molar-refractivity contribution in [3.05, 3.63) is 65.5 Å². The molecule has 1 amide bonds. The number of nitrogens with zero attached hydrogens (tertiary/aromatic N) is 2. The van der Waals surface area contributed by atoms with Crippen molar-refractivity contribution in [2.75, 3.05) is 24.6 Å². The SMILES string of the molecule is O=C(c1cc(Cc2cccc3ccccc23)no1)N1CCSCC1. The second-order valence-corrected chi connectivity index (χ2v) is 7.13. The molecule has 4 rings (SSSR count). The number of carbonyl (C=O) groups excluding carboxylic acids is 1. The summed E-state index contributed by atoms with van der Waals surface area (Å²) in [7, 11) is 0. The molecule has 1 aliphatic rings. The van der Waals surface area contributed by atoms with Gasteiger partial charge in [-0.3, -0.25) is 4.79 Å². The van der Waals surface area contributed by atoms with Crippen LogP contribution in [0, 0.1) is 0 Å². The summed E-state index contributed by atoms with van der Waals surface area (Å²) in [6.07, 6.45) is 0.661. The van der Waals surface area contributed by atoms with Gasteiger partial charge in [-0.1, -0.05) is 47.6 Å². The van der Waals surface area contributed by atoms with Gasteiger partial charge in [0.25, 0.3) is 5.91 Å². The summed E-state index contributed by atoms with van der Waals surface area (Å²) in [6.45, 7) is 1.56. The third-order valence-electron chi connectivity index (χ3n) is 4.32. The summed E-state index contributed by atoms with van der Waals surface area (Å²) in [5.74, 6) is 2.27. The summed E-state index contributed by atoms with van der Waals surface area (Å²) in [5, 5.41) is 6.53. The first-order valence-electron chi connectivity index (χ1n) is 8.10. The first kappa shape index (κ1) is 15.3. The van der Waals surface area contributed by atoms with Crippen molar-refractivity contribution in [1.29, 1.82) is 0 Å². The fourth-order valence-electron chi connectivity index (χ4n) is 3.06. The van der Waals surface area contributed by atoms with Crippen LogP contribution < -0.4 is 0 Å². The van der Waals surface area contributed by atoms with Crippen LogP contribution >= 0.6 is 11.8 Å². The Balaban J connectivity index is 1.55. The highest BCUT2D eigenvalue weighted by Crippen LogP contribution is 2.22. The molecule has 0 spiro atoms. The second-order valence-electron chi connectivity index (χ2n) is 5.90. The monoisotopic (exact) mass is 338 g/mol. The number of benzene rings is 2. The molecule has 1 saturated heterocycles. The maximum atomic E-state index is 12.5. The Bertz CT molecular complexity index is 863. The van der Waals surface area contributed by atoms with Crippen molar-refractivity contribution in [2.24, 2.45) is 0 Å². The Labute approximate surface area is 144 Å². The molecule has 5 heteroatoms. The van der Waals surface area contributed by atoms with Gasteiger partial charge in [0.2, 0.25) is 5.76 Å². The lowest BCUT2D eigenvalue weighted by molar-refractivity contribution is 0.0730. The van der Waals surface area contributed by atoms with Crippen LogP contribution in [-0.4, -0.2) is 40.6 Å². The number of aromatic nitrogens is 1. The molecule has 0 N–H and O–H groups in total. The molecule has 2 aromatic carbocycles. The van der Waals surface area contributed by atoms with E-state index in [1.807, 2.05) is 28.8 Å². The maximum absolute atomic E-state index is 12.5. The van der Waals surface area contributed by atoms with Gasteiger partial charge in [0.15, 0.2) is 0 Å². The van der Waals surface area contributed by atoms with Gasteiger partial charge in [-0.05, 0) is 16.3 Å². The van der Waals surface area contributed by atoms with Crippen molar-refractivity contribution in [3.63, 3.8) is 0 Å². The highest BCUT2D eigenvalue weighted by molar-refractivity contribution is 7.99. The zero-order valence-corrected chi connectivity index (χ0v) is 14.1. The van der Waals surface area contributed by atoms with E-state index in [9.17, 15) is 4.79 Å². The second kappa shape index (κ2) is 6.69. The van der Waals surface area contributed by atoms with Gasteiger partial charge >= 0.3 is 0 Å². The van der Waals surface area contributed by atoms with E-state index in [2.05, 4.69) is 35.5 Å². The molecule has 1 aliphatic heterocycles. The predicted octanol–water partition coefficient (Wildman–Crippen LogP) is 3.61. The number of carbonyl (C=O) groups is 1. The zero-order chi connectivity index (χ0) is 16.4. The molecule has 0 radical (unpaired) electrons. The topological polar surface area (TPSA) is 46.3 Å². The molecular formula is C19H18N2O2S. The van der Waals surface area contributed by atoms with Gasteiger partial charge < -0.3 is 9.42 Å². The summed E-state index contributed by atoms with van der Waals surface area (Å²) in [6, 6.07) is 16.3. The first-order chi connectivity index (χ1) is 11.8. The molecule has 24 heavy (non-hydrogen) atoms. The zero-order valence-electron chi connectivity index (χ0n) is 13.3. The molecule has 0 unspecified atom stereocenters. The van der Waals surface area contributed by atoms with Crippen LogP contribution in [0.15, 0.2) is 53.1 Å². The Morgan fingerprint density at radius 3 is 2.79 bits per heavy atom. The van der Waals surface area contributed by atoms with Crippen molar-refractivity contribution >= 4 is 28.4 Å². The standard InChI is InChI=1S/C19H18N2O2S/c22-19(21-8-10-24-11-9-21)18-13-16(20-23-18)12-15-6-3-5-14-4-1-2-7-17(14)15/h1-7,13H,8-12H2. The molecule has 1 fully saturated rings. The Kier molecular flexibility index (Phi) is 4.26. The quantitative estimate of drug-likeness (QED) is 0.732. The van der Waals surface area contributed by atoms with E-state index in [0.717, 1.165) is 30.3 Å².